The molecule has 1 amide bonds. The van der Waals surface area contributed by atoms with Gasteiger partial charge in [0.15, 0.2) is 0 Å². The Morgan fingerprint density at radius 3 is 2.55 bits per heavy atom. The highest BCUT2D eigenvalue weighted by Crippen LogP contribution is 2.29. The molecule has 20 heavy (non-hydrogen) atoms. The number of carbonyl (C=O) groups is 1. The maximum Gasteiger partial charge on any atom is 0.273 e. The van der Waals surface area contributed by atoms with Crippen LogP contribution in [0.3, 0.4) is 0 Å². The summed E-state index contributed by atoms with van der Waals surface area (Å²) in [5, 5.41) is 10.8. The standard InChI is InChI=1S/C13H18N4O3/c14-10-6-11(8-12(7-10)17(19)20)16-3-1-9(2-4-16)5-13(15)18/h6-9H,1-5,14H2,(H2,15,18). The van der Waals surface area contributed by atoms with Gasteiger partial charge < -0.3 is 16.4 Å². The molecule has 4 N–H and O–H groups in total. The van der Waals surface area contributed by atoms with Crippen LogP contribution in [0.2, 0.25) is 0 Å². The van der Waals surface area contributed by atoms with Crippen molar-refractivity contribution < 1.29 is 9.72 Å². The van der Waals surface area contributed by atoms with Crippen LogP contribution in [0.5, 0.6) is 0 Å². The Morgan fingerprint density at radius 2 is 2.00 bits per heavy atom. The number of nitrogens with zero attached hydrogens (tertiary/aromatic N) is 2. The molecule has 1 saturated heterocycles. The van der Waals surface area contributed by atoms with Crippen molar-refractivity contribution in [2.24, 2.45) is 11.7 Å². The fourth-order valence-electron chi connectivity index (χ4n) is 2.59. The van der Waals surface area contributed by atoms with Crippen molar-refractivity contribution in [3.63, 3.8) is 0 Å². The number of rotatable bonds is 4. The van der Waals surface area contributed by atoms with Crippen LogP contribution in [0, 0.1) is 16.0 Å². The molecule has 0 spiro atoms. The van der Waals surface area contributed by atoms with E-state index in [0.29, 0.717) is 18.0 Å². The summed E-state index contributed by atoms with van der Waals surface area (Å²) >= 11 is 0. The van der Waals surface area contributed by atoms with Crippen LogP contribution >= 0.6 is 0 Å². The number of carbonyl (C=O) groups excluding carboxylic acids is 1. The predicted octanol–water partition coefficient (Wildman–Crippen LogP) is 1.27. The third-order valence-corrected chi connectivity index (χ3v) is 3.61. The number of nitro groups is 1. The molecule has 0 aliphatic carbocycles. The van der Waals surface area contributed by atoms with Crippen molar-refractivity contribution in [2.45, 2.75) is 19.3 Å². The zero-order valence-corrected chi connectivity index (χ0v) is 11.1. The Kier molecular flexibility index (Phi) is 4.07. The van der Waals surface area contributed by atoms with E-state index in [9.17, 15) is 14.9 Å². The fourth-order valence-corrected chi connectivity index (χ4v) is 2.59. The molecule has 7 nitrogen and oxygen atoms in total. The molecule has 7 heteroatoms. The third kappa shape index (κ3) is 3.37. The van der Waals surface area contributed by atoms with E-state index in [1.807, 2.05) is 0 Å². The van der Waals surface area contributed by atoms with Crippen LogP contribution in [0.25, 0.3) is 0 Å². The number of hydrogen-bond acceptors (Lipinski definition) is 5. The summed E-state index contributed by atoms with van der Waals surface area (Å²) in [6.45, 7) is 1.50. The molecule has 0 bridgehead atoms. The number of nitrogens with two attached hydrogens (primary N) is 2. The average molecular weight is 278 g/mol. The van der Waals surface area contributed by atoms with E-state index in [0.717, 1.165) is 31.6 Å². The summed E-state index contributed by atoms with van der Waals surface area (Å²) in [5.41, 5.74) is 12.0. The van der Waals surface area contributed by atoms with Crippen LogP contribution in [0.1, 0.15) is 19.3 Å². The molecule has 1 heterocycles. The van der Waals surface area contributed by atoms with Gasteiger partial charge in [0, 0.05) is 43.0 Å². The first kappa shape index (κ1) is 14.1. The van der Waals surface area contributed by atoms with E-state index in [1.165, 1.54) is 12.1 Å². The predicted molar refractivity (Wildman–Crippen MR) is 76.3 cm³/mol. The van der Waals surface area contributed by atoms with E-state index in [2.05, 4.69) is 4.90 Å². The number of anilines is 2. The minimum atomic E-state index is -0.445. The molecule has 0 atom stereocenters. The highest BCUT2D eigenvalue weighted by molar-refractivity contribution is 5.74. The SMILES string of the molecule is NC(=O)CC1CCN(c2cc(N)cc([N+](=O)[O-])c2)CC1. The Labute approximate surface area is 116 Å². The van der Waals surface area contributed by atoms with Gasteiger partial charge in [-0.3, -0.25) is 14.9 Å². The van der Waals surface area contributed by atoms with Gasteiger partial charge in [0.2, 0.25) is 5.91 Å². The van der Waals surface area contributed by atoms with Crippen LogP contribution < -0.4 is 16.4 Å². The molecule has 1 aromatic rings. The number of benzene rings is 1. The maximum absolute atomic E-state index is 10.9. The minimum Gasteiger partial charge on any atom is -0.398 e. The zero-order chi connectivity index (χ0) is 14.7. The summed E-state index contributed by atoms with van der Waals surface area (Å²) in [5.74, 6) is 0.0304. The lowest BCUT2D eigenvalue weighted by molar-refractivity contribution is -0.384. The molecule has 0 radical (unpaired) electrons. The smallest absolute Gasteiger partial charge is 0.273 e. The molecule has 2 rings (SSSR count). The maximum atomic E-state index is 10.9. The van der Waals surface area contributed by atoms with E-state index in [-0.39, 0.29) is 11.6 Å². The lowest BCUT2D eigenvalue weighted by atomic mass is 9.93. The van der Waals surface area contributed by atoms with Crippen molar-refractivity contribution in [3.05, 3.63) is 28.3 Å². The quantitative estimate of drug-likeness (QED) is 0.489. The third-order valence-electron chi connectivity index (χ3n) is 3.61. The van der Waals surface area contributed by atoms with Gasteiger partial charge in [-0.15, -0.1) is 0 Å². The van der Waals surface area contributed by atoms with Gasteiger partial charge >= 0.3 is 0 Å². The van der Waals surface area contributed by atoms with Gasteiger partial charge in [0.1, 0.15) is 0 Å². The molecule has 0 saturated carbocycles. The number of hydrogen-bond donors (Lipinski definition) is 2. The van der Waals surface area contributed by atoms with Crippen LogP contribution in [-0.2, 0) is 4.79 Å². The highest BCUT2D eigenvalue weighted by atomic mass is 16.6. The first-order valence-corrected chi connectivity index (χ1v) is 6.54. The fraction of sp³-hybridized carbons (Fsp3) is 0.462. The summed E-state index contributed by atoms with van der Waals surface area (Å²) < 4.78 is 0. The Balaban J connectivity index is 2.07. The Bertz CT molecular complexity index is 524. The number of nitro benzene ring substituents is 1. The number of primary amides is 1. The van der Waals surface area contributed by atoms with Gasteiger partial charge in [-0.1, -0.05) is 0 Å². The average Bonchev–Trinajstić information content (AvgIpc) is 2.38. The molecular formula is C13H18N4O3. The molecule has 0 aromatic heterocycles. The summed E-state index contributed by atoms with van der Waals surface area (Å²) in [4.78, 5) is 23.4. The van der Waals surface area contributed by atoms with Crippen LogP contribution in [0.4, 0.5) is 17.1 Å². The molecule has 1 aromatic carbocycles. The number of piperidine rings is 1. The second-order valence-corrected chi connectivity index (χ2v) is 5.14. The minimum absolute atomic E-state index is 0.000686. The number of non-ortho nitro benzene ring substituents is 1. The van der Waals surface area contributed by atoms with Crippen molar-refractivity contribution in [1.29, 1.82) is 0 Å². The molecular weight excluding hydrogens is 260 g/mol. The van der Waals surface area contributed by atoms with E-state index >= 15 is 0 Å². The van der Waals surface area contributed by atoms with E-state index in [4.69, 9.17) is 11.5 Å². The first-order chi connectivity index (χ1) is 9.45. The largest absolute Gasteiger partial charge is 0.398 e. The van der Waals surface area contributed by atoms with E-state index in [1.54, 1.807) is 6.07 Å². The highest BCUT2D eigenvalue weighted by Gasteiger charge is 2.22. The molecule has 1 aliphatic heterocycles. The molecule has 1 fully saturated rings. The normalized spacial score (nSPS) is 16.1. The van der Waals surface area contributed by atoms with Crippen molar-refractivity contribution in [3.8, 4) is 0 Å². The van der Waals surface area contributed by atoms with Crippen molar-refractivity contribution in [2.75, 3.05) is 23.7 Å². The van der Waals surface area contributed by atoms with E-state index < -0.39 is 4.92 Å². The summed E-state index contributed by atoms with van der Waals surface area (Å²) in [7, 11) is 0. The molecule has 0 unspecified atom stereocenters. The molecule has 1 aliphatic rings. The first-order valence-electron chi connectivity index (χ1n) is 6.54. The van der Waals surface area contributed by atoms with Crippen LogP contribution in [-0.4, -0.2) is 23.9 Å². The van der Waals surface area contributed by atoms with Crippen LogP contribution in [0.15, 0.2) is 18.2 Å². The van der Waals surface area contributed by atoms with Crippen molar-refractivity contribution in [1.82, 2.24) is 0 Å². The van der Waals surface area contributed by atoms with Gasteiger partial charge in [-0.05, 0) is 24.8 Å². The number of nitrogen functional groups attached to an aromatic ring is 1. The lowest BCUT2D eigenvalue weighted by Gasteiger charge is -2.33. The number of amides is 1. The van der Waals surface area contributed by atoms with Gasteiger partial charge in [-0.25, -0.2) is 0 Å². The Hall–Kier alpha value is -2.31. The molecule has 108 valence electrons. The lowest BCUT2D eigenvalue weighted by Crippen LogP contribution is -2.35. The zero-order valence-electron chi connectivity index (χ0n) is 11.1. The summed E-state index contributed by atoms with van der Waals surface area (Å²) in [6, 6.07) is 4.62. The van der Waals surface area contributed by atoms with Gasteiger partial charge in [-0.2, -0.15) is 0 Å². The Morgan fingerprint density at radius 1 is 1.35 bits per heavy atom. The second-order valence-electron chi connectivity index (χ2n) is 5.14. The van der Waals surface area contributed by atoms with Crippen molar-refractivity contribution >= 4 is 23.0 Å². The second kappa shape index (κ2) is 5.77. The topological polar surface area (TPSA) is 115 Å². The van der Waals surface area contributed by atoms with Gasteiger partial charge in [0.25, 0.3) is 5.69 Å². The summed E-state index contributed by atoms with van der Waals surface area (Å²) in [6.07, 6.45) is 2.11. The monoisotopic (exact) mass is 278 g/mol. The van der Waals surface area contributed by atoms with Gasteiger partial charge in [0.05, 0.1) is 4.92 Å².